The van der Waals surface area contributed by atoms with Crippen molar-refractivity contribution in [2.75, 3.05) is 0 Å². The molecule has 0 radical (unpaired) electrons. The summed E-state index contributed by atoms with van der Waals surface area (Å²) in [6.07, 6.45) is 3.74. The molecule has 1 aliphatic rings. The molecule has 15 heavy (non-hydrogen) atoms. The van der Waals surface area contributed by atoms with Gasteiger partial charge in [-0.05, 0) is 27.7 Å². The molecular weight excluding hydrogens is 193 g/mol. The third kappa shape index (κ3) is 1.94. The number of aromatic nitrogens is 1. The molecule has 4 nitrogen and oxygen atoms in total. The van der Waals surface area contributed by atoms with Crippen molar-refractivity contribution >= 4 is 7.12 Å². The molecule has 1 aromatic rings. The highest BCUT2D eigenvalue weighted by Gasteiger charge is 2.51. The number of hydrogen-bond donors (Lipinski definition) is 0. The zero-order valence-electron chi connectivity index (χ0n) is 9.61. The smallest absolute Gasteiger partial charge is 0.450 e. The van der Waals surface area contributed by atoms with E-state index in [1.54, 1.807) is 12.5 Å². The summed E-state index contributed by atoms with van der Waals surface area (Å²) in [5, 5.41) is 0. The van der Waals surface area contributed by atoms with Gasteiger partial charge >= 0.3 is 7.12 Å². The average Bonchev–Trinajstić information content (AvgIpc) is 2.59. The second kappa shape index (κ2) is 3.35. The zero-order chi connectivity index (χ0) is 11.1. The van der Waals surface area contributed by atoms with Crippen LogP contribution in [0.1, 0.15) is 33.6 Å². The number of hydrogen-bond acceptors (Lipinski definition) is 4. The van der Waals surface area contributed by atoms with Crippen molar-refractivity contribution in [1.82, 2.24) is 4.98 Å². The summed E-state index contributed by atoms with van der Waals surface area (Å²) in [4.78, 5) is 4.05. The van der Waals surface area contributed by atoms with Crippen LogP contribution in [0.5, 0.6) is 0 Å². The molecule has 0 amide bonds. The summed E-state index contributed by atoms with van der Waals surface area (Å²) < 4.78 is 16.8. The van der Waals surface area contributed by atoms with Crippen molar-refractivity contribution in [1.29, 1.82) is 0 Å². The minimum atomic E-state index is -0.287. The minimum Gasteiger partial charge on any atom is -0.450 e. The lowest BCUT2D eigenvalue weighted by Crippen LogP contribution is -2.41. The van der Waals surface area contributed by atoms with Gasteiger partial charge in [-0.1, -0.05) is 0 Å². The first kappa shape index (κ1) is 10.7. The Morgan fingerprint density at radius 2 is 1.80 bits per heavy atom. The normalized spacial score (nSPS) is 23.3. The SMILES string of the molecule is CC1(C)OB(Cc2ncco2)OC1(C)C. The van der Waals surface area contributed by atoms with Crippen LogP contribution in [-0.2, 0) is 15.6 Å². The fraction of sp³-hybridized carbons (Fsp3) is 0.700. The van der Waals surface area contributed by atoms with Gasteiger partial charge in [-0.3, -0.25) is 0 Å². The fourth-order valence-corrected chi connectivity index (χ4v) is 1.54. The molecule has 1 aromatic heterocycles. The van der Waals surface area contributed by atoms with Gasteiger partial charge in [0.25, 0.3) is 0 Å². The molecule has 1 aliphatic heterocycles. The molecular formula is C10H16BNO3. The zero-order valence-corrected chi connectivity index (χ0v) is 9.61. The molecule has 5 heteroatoms. The molecule has 1 saturated heterocycles. The number of rotatable bonds is 2. The maximum atomic E-state index is 5.82. The summed E-state index contributed by atoms with van der Waals surface area (Å²) in [6, 6.07) is 0. The topological polar surface area (TPSA) is 44.5 Å². The molecule has 0 bridgehead atoms. The standard InChI is InChI=1S/C10H16BNO3/c1-9(2)10(3,4)15-11(14-9)7-8-12-5-6-13-8/h5-6H,7H2,1-4H3. The summed E-state index contributed by atoms with van der Waals surface area (Å²) >= 11 is 0. The predicted octanol–water partition coefficient (Wildman–Crippen LogP) is 1.85. The van der Waals surface area contributed by atoms with E-state index >= 15 is 0 Å². The molecule has 0 saturated carbocycles. The summed E-state index contributed by atoms with van der Waals surface area (Å²) in [6.45, 7) is 8.12. The third-order valence-corrected chi connectivity index (χ3v) is 3.13. The van der Waals surface area contributed by atoms with E-state index in [2.05, 4.69) is 4.98 Å². The first-order valence-corrected chi connectivity index (χ1v) is 5.15. The van der Waals surface area contributed by atoms with Crippen LogP contribution in [0.3, 0.4) is 0 Å². The highest BCUT2D eigenvalue weighted by atomic mass is 16.7. The van der Waals surface area contributed by atoms with Gasteiger partial charge in [0, 0.05) is 0 Å². The lowest BCUT2D eigenvalue weighted by molar-refractivity contribution is 0.00578. The lowest BCUT2D eigenvalue weighted by atomic mass is 9.85. The Balaban J connectivity index is 2.04. The van der Waals surface area contributed by atoms with Gasteiger partial charge in [-0.15, -0.1) is 0 Å². The van der Waals surface area contributed by atoms with E-state index in [0.717, 1.165) is 0 Å². The van der Waals surface area contributed by atoms with Crippen molar-refractivity contribution < 1.29 is 13.7 Å². The van der Waals surface area contributed by atoms with Crippen molar-refractivity contribution in [2.45, 2.75) is 45.2 Å². The van der Waals surface area contributed by atoms with Crippen LogP contribution >= 0.6 is 0 Å². The monoisotopic (exact) mass is 209 g/mol. The molecule has 0 N–H and O–H groups in total. The quantitative estimate of drug-likeness (QED) is 0.697. The van der Waals surface area contributed by atoms with E-state index in [9.17, 15) is 0 Å². The van der Waals surface area contributed by atoms with Gasteiger partial charge in [0.2, 0.25) is 0 Å². The van der Waals surface area contributed by atoms with Crippen LogP contribution in [0.25, 0.3) is 0 Å². The highest BCUT2D eigenvalue weighted by Crippen LogP contribution is 2.37. The van der Waals surface area contributed by atoms with Crippen LogP contribution in [0.4, 0.5) is 0 Å². The molecule has 0 spiro atoms. The highest BCUT2D eigenvalue weighted by molar-refractivity contribution is 6.44. The van der Waals surface area contributed by atoms with E-state index in [4.69, 9.17) is 13.7 Å². The predicted molar refractivity (Wildman–Crippen MR) is 56.3 cm³/mol. The third-order valence-electron chi connectivity index (χ3n) is 3.13. The molecule has 2 heterocycles. The Hall–Kier alpha value is -0.805. The maximum absolute atomic E-state index is 5.82. The summed E-state index contributed by atoms with van der Waals surface area (Å²) in [5.41, 5.74) is -0.575. The second-order valence-electron chi connectivity index (χ2n) is 4.82. The van der Waals surface area contributed by atoms with Crippen molar-refractivity contribution in [2.24, 2.45) is 0 Å². The Kier molecular flexibility index (Phi) is 2.39. The van der Waals surface area contributed by atoms with Gasteiger partial charge in [0.15, 0.2) is 5.89 Å². The number of nitrogens with zero attached hydrogens (tertiary/aromatic N) is 1. The molecule has 0 unspecified atom stereocenters. The van der Waals surface area contributed by atoms with Crippen LogP contribution in [0.2, 0.25) is 0 Å². The van der Waals surface area contributed by atoms with Gasteiger partial charge in [-0.25, -0.2) is 4.98 Å². The largest absolute Gasteiger partial charge is 0.467 e. The molecule has 0 atom stereocenters. The molecule has 0 aromatic carbocycles. The van der Waals surface area contributed by atoms with Crippen LogP contribution in [-0.4, -0.2) is 23.3 Å². The van der Waals surface area contributed by atoms with Gasteiger partial charge in [0.1, 0.15) is 6.26 Å². The van der Waals surface area contributed by atoms with E-state index in [0.29, 0.717) is 12.2 Å². The Morgan fingerprint density at radius 1 is 1.20 bits per heavy atom. The average molecular weight is 209 g/mol. The maximum Gasteiger partial charge on any atom is 0.467 e. The van der Waals surface area contributed by atoms with E-state index in [-0.39, 0.29) is 18.3 Å². The fourth-order valence-electron chi connectivity index (χ4n) is 1.54. The summed E-state index contributed by atoms with van der Waals surface area (Å²) in [7, 11) is -0.270. The Bertz CT molecular complexity index is 318. The van der Waals surface area contributed by atoms with Crippen molar-refractivity contribution in [3.63, 3.8) is 0 Å². The van der Waals surface area contributed by atoms with Crippen LogP contribution in [0.15, 0.2) is 16.9 Å². The second-order valence-corrected chi connectivity index (χ2v) is 4.82. The molecule has 2 rings (SSSR count). The van der Waals surface area contributed by atoms with E-state index < -0.39 is 0 Å². The van der Waals surface area contributed by atoms with Crippen molar-refractivity contribution in [3.8, 4) is 0 Å². The van der Waals surface area contributed by atoms with Crippen molar-refractivity contribution in [3.05, 3.63) is 18.4 Å². The molecule has 82 valence electrons. The molecule has 0 aliphatic carbocycles. The lowest BCUT2D eigenvalue weighted by Gasteiger charge is -2.32. The number of oxazole rings is 1. The van der Waals surface area contributed by atoms with Crippen LogP contribution in [0, 0.1) is 0 Å². The van der Waals surface area contributed by atoms with Gasteiger partial charge in [-0.2, -0.15) is 0 Å². The van der Waals surface area contributed by atoms with Gasteiger partial charge < -0.3 is 13.7 Å². The van der Waals surface area contributed by atoms with E-state index in [1.807, 2.05) is 27.7 Å². The molecule has 1 fully saturated rings. The first-order valence-electron chi connectivity index (χ1n) is 5.15. The van der Waals surface area contributed by atoms with Crippen LogP contribution < -0.4 is 0 Å². The summed E-state index contributed by atoms with van der Waals surface area (Å²) in [5.74, 6) is 0.647. The van der Waals surface area contributed by atoms with E-state index in [1.165, 1.54) is 0 Å². The first-order chi connectivity index (χ1) is 6.91. The Morgan fingerprint density at radius 3 is 2.27 bits per heavy atom. The minimum absolute atomic E-state index is 0.270. The van der Waals surface area contributed by atoms with Gasteiger partial charge in [0.05, 0.1) is 23.7 Å². The Labute approximate surface area is 90.1 Å².